The molecule has 0 aliphatic carbocycles. The van der Waals surface area contributed by atoms with E-state index in [4.69, 9.17) is 10.5 Å². The fourth-order valence-corrected chi connectivity index (χ4v) is 2.93. The molecule has 1 atom stereocenters. The highest BCUT2D eigenvalue weighted by molar-refractivity contribution is 9.10. The van der Waals surface area contributed by atoms with Gasteiger partial charge in [-0.1, -0.05) is 40.2 Å². The van der Waals surface area contributed by atoms with E-state index in [1.54, 1.807) is 7.11 Å². The molecular formula is C17H20BrNO. The topological polar surface area (TPSA) is 35.2 Å². The van der Waals surface area contributed by atoms with Gasteiger partial charge in [-0.05, 0) is 54.8 Å². The number of aryl methyl sites for hydroxylation is 1. The van der Waals surface area contributed by atoms with Gasteiger partial charge in [0.2, 0.25) is 0 Å². The van der Waals surface area contributed by atoms with Crippen LogP contribution < -0.4 is 10.5 Å². The molecule has 20 heavy (non-hydrogen) atoms. The highest BCUT2D eigenvalue weighted by Crippen LogP contribution is 2.28. The van der Waals surface area contributed by atoms with Crippen LogP contribution in [0.3, 0.4) is 0 Å². The zero-order valence-electron chi connectivity index (χ0n) is 11.9. The summed E-state index contributed by atoms with van der Waals surface area (Å²) in [4.78, 5) is 0. The maximum atomic E-state index is 6.00. The standard InChI is InChI=1S/C17H20BrNO/c1-12-9-15(20-2)7-8-16(12)14(11-19)10-13-5-3-4-6-17(13)18/h3-9,14H,10-11,19H2,1-2H3. The van der Waals surface area contributed by atoms with Crippen LogP contribution in [0, 0.1) is 6.92 Å². The molecule has 0 saturated heterocycles. The van der Waals surface area contributed by atoms with Crippen LogP contribution in [0.4, 0.5) is 0 Å². The third kappa shape index (κ3) is 3.41. The largest absolute Gasteiger partial charge is 0.497 e. The molecular weight excluding hydrogens is 314 g/mol. The third-order valence-electron chi connectivity index (χ3n) is 3.63. The number of hydrogen-bond acceptors (Lipinski definition) is 2. The molecule has 2 aromatic carbocycles. The Hall–Kier alpha value is -1.32. The molecule has 0 bridgehead atoms. The fourth-order valence-electron chi connectivity index (χ4n) is 2.48. The minimum atomic E-state index is 0.319. The Morgan fingerprint density at radius 3 is 2.55 bits per heavy atom. The monoisotopic (exact) mass is 333 g/mol. The minimum absolute atomic E-state index is 0.319. The van der Waals surface area contributed by atoms with Crippen molar-refractivity contribution in [3.63, 3.8) is 0 Å². The zero-order chi connectivity index (χ0) is 14.5. The summed E-state index contributed by atoms with van der Waals surface area (Å²) >= 11 is 3.61. The first-order valence-electron chi connectivity index (χ1n) is 6.73. The molecule has 2 nitrogen and oxygen atoms in total. The number of ether oxygens (including phenoxy) is 1. The van der Waals surface area contributed by atoms with E-state index in [1.165, 1.54) is 16.7 Å². The van der Waals surface area contributed by atoms with Crippen LogP contribution in [0.1, 0.15) is 22.6 Å². The van der Waals surface area contributed by atoms with Gasteiger partial charge in [-0.3, -0.25) is 0 Å². The second-order valence-electron chi connectivity index (χ2n) is 4.95. The van der Waals surface area contributed by atoms with Crippen LogP contribution in [0.5, 0.6) is 5.75 Å². The van der Waals surface area contributed by atoms with Crippen molar-refractivity contribution < 1.29 is 4.74 Å². The van der Waals surface area contributed by atoms with E-state index in [0.717, 1.165) is 16.6 Å². The summed E-state index contributed by atoms with van der Waals surface area (Å²) in [5.74, 6) is 1.21. The van der Waals surface area contributed by atoms with Gasteiger partial charge in [0.05, 0.1) is 7.11 Å². The summed E-state index contributed by atoms with van der Waals surface area (Å²) in [7, 11) is 1.69. The average Bonchev–Trinajstić information content (AvgIpc) is 2.47. The Bertz CT molecular complexity index is 583. The van der Waals surface area contributed by atoms with Crippen LogP contribution in [-0.4, -0.2) is 13.7 Å². The predicted octanol–water partition coefficient (Wildman–Crippen LogP) is 4.05. The van der Waals surface area contributed by atoms with Gasteiger partial charge in [-0.25, -0.2) is 0 Å². The number of hydrogen-bond donors (Lipinski definition) is 1. The normalized spacial score (nSPS) is 12.2. The fraction of sp³-hybridized carbons (Fsp3) is 0.294. The first-order valence-corrected chi connectivity index (χ1v) is 7.53. The van der Waals surface area contributed by atoms with Crippen LogP contribution in [0.2, 0.25) is 0 Å². The van der Waals surface area contributed by atoms with E-state index in [9.17, 15) is 0 Å². The Morgan fingerprint density at radius 1 is 1.20 bits per heavy atom. The summed E-state index contributed by atoms with van der Waals surface area (Å²) in [5, 5.41) is 0. The molecule has 1 unspecified atom stereocenters. The van der Waals surface area contributed by atoms with Gasteiger partial charge in [0.25, 0.3) is 0 Å². The molecule has 0 heterocycles. The van der Waals surface area contributed by atoms with Crippen molar-refractivity contribution in [1.82, 2.24) is 0 Å². The number of nitrogens with two attached hydrogens (primary N) is 1. The smallest absolute Gasteiger partial charge is 0.119 e. The number of rotatable bonds is 5. The highest BCUT2D eigenvalue weighted by atomic mass is 79.9. The van der Waals surface area contributed by atoms with E-state index in [1.807, 2.05) is 12.1 Å². The van der Waals surface area contributed by atoms with Crippen LogP contribution in [-0.2, 0) is 6.42 Å². The van der Waals surface area contributed by atoms with Crippen molar-refractivity contribution >= 4 is 15.9 Å². The van der Waals surface area contributed by atoms with Crippen molar-refractivity contribution in [3.8, 4) is 5.75 Å². The SMILES string of the molecule is COc1ccc(C(CN)Cc2ccccc2Br)c(C)c1. The van der Waals surface area contributed by atoms with Gasteiger partial charge < -0.3 is 10.5 Å². The van der Waals surface area contributed by atoms with Gasteiger partial charge in [0, 0.05) is 10.4 Å². The van der Waals surface area contributed by atoms with Crippen molar-refractivity contribution in [1.29, 1.82) is 0 Å². The minimum Gasteiger partial charge on any atom is -0.497 e. The molecule has 0 aromatic heterocycles. The van der Waals surface area contributed by atoms with E-state index in [0.29, 0.717) is 12.5 Å². The maximum absolute atomic E-state index is 6.00. The van der Waals surface area contributed by atoms with E-state index >= 15 is 0 Å². The molecule has 0 aliphatic rings. The van der Waals surface area contributed by atoms with Crippen molar-refractivity contribution in [2.24, 2.45) is 5.73 Å². The maximum Gasteiger partial charge on any atom is 0.119 e. The second kappa shape index (κ2) is 6.91. The predicted molar refractivity (Wildman–Crippen MR) is 87.4 cm³/mol. The number of methoxy groups -OCH3 is 1. The molecule has 0 radical (unpaired) electrons. The zero-order valence-corrected chi connectivity index (χ0v) is 13.5. The van der Waals surface area contributed by atoms with Gasteiger partial charge in [0.1, 0.15) is 5.75 Å². The molecule has 0 spiro atoms. The molecule has 106 valence electrons. The van der Waals surface area contributed by atoms with Gasteiger partial charge in [-0.15, -0.1) is 0 Å². The van der Waals surface area contributed by atoms with E-state index in [-0.39, 0.29) is 0 Å². The lowest BCUT2D eigenvalue weighted by Gasteiger charge is -2.19. The summed E-state index contributed by atoms with van der Waals surface area (Å²) in [5.41, 5.74) is 9.81. The molecule has 0 fully saturated rings. The lowest BCUT2D eigenvalue weighted by molar-refractivity contribution is 0.414. The molecule has 2 aromatic rings. The van der Waals surface area contributed by atoms with Crippen molar-refractivity contribution in [2.45, 2.75) is 19.3 Å². The van der Waals surface area contributed by atoms with Crippen LogP contribution in [0.15, 0.2) is 46.9 Å². The van der Waals surface area contributed by atoms with Gasteiger partial charge in [-0.2, -0.15) is 0 Å². The summed E-state index contributed by atoms with van der Waals surface area (Å²) in [6.07, 6.45) is 0.936. The Balaban J connectivity index is 2.27. The van der Waals surface area contributed by atoms with Gasteiger partial charge in [0.15, 0.2) is 0 Å². The van der Waals surface area contributed by atoms with E-state index in [2.05, 4.69) is 53.2 Å². The van der Waals surface area contributed by atoms with Crippen LogP contribution in [0.25, 0.3) is 0 Å². The Morgan fingerprint density at radius 2 is 1.95 bits per heavy atom. The first-order chi connectivity index (χ1) is 9.65. The van der Waals surface area contributed by atoms with Gasteiger partial charge >= 0.3 is 0 Å². The summed E-state index contributed by atoms with van der Waals surface area (Å²) < 4.78 is 6.41. The van der Waals surface area contributed by atoms with E-state index < -0.39 is 0 Å². The van der Waals surface area contributed by atoms with Crippen molar-refractivity contribution in [3.05, 3.63) is 63.6 Å². The molecule has 0 aliphatic heterocycles. The second-order valence-corrected chi connectivity index (χ2v) is 5.81. The Kier molecular flexibility index (Phi) is 5.21. The average molecular weight is 334 g/mol. The summed E-state index contributed by atoms with van der Waals surface area (Å²) in [6.45, 7) is 2.75. The molecule has 3 heteroatoms. The number of halogens is 1. The Labute approximate surface area is 129 Å². The van der Waals surface area contributed by atoms with Crippen molar-refractivity contribution in [2.75, 3.05) is 13.7 Å². The van der Waals surface area contributed by atoms with Crippen LogP contribution >= 0.6 is 15.9 Å². The quantitative estimate of drug-likeness (QED) is 0.895. The third-order valence-corrected chi connectivity index (χ3v) is 4.40. The summed E-state index contributed by atoms with van der Waals surface area (Å²) in [6, 6.07) is 14.5. The highest BCUT2D eigenvalue weighted by Gasteiger charge is 2.14. The molecule has 0 amide bonds. The lowest BCUT2D eigenvalue weighted by atomic mass is 9.89. The molecule has 2 rings (SSSR count). The molecule has 2 N–H and O–H groups in total. The number of benzene rings is 2. The molecule has 0 saturated carbocycles. The lowest BCUT2D eigenvalue weighted by Crippen LogP contribution is -2.16. The first kappa shape index (κ1) is 15.1.